The normalized spacial score (nSPS) is 14.8. The van der Waals surface area contributed by atoms with Gasteiger partial charge in [0.15, 0.2) is 11.1 Å². The molecule has 3 heterocycles. The van der Waals surface area contributed by atoms with Crippen molar-refractivity contribution in [2.45, 2.75) is 6.54 Å². The van der Waals surface area contributed by atoms with Crippen LogP contribution in [0.1, 0.15) is 5.56 Å². The van der Waals surface area contributed by atoms with Crippen LogP contribution in [0.2, 0.25) is 0 Å². The molecule has 3 aromatic rings. The SMILES string of the molecule is Cn1cc(-c2cccc(CN=C(N)N3CCN(c4nccs4)CC3)c2)cn1.I. The van der Waals surface area contributed by atoms with E-state index in [1.165, 1.54) is 0 Å². The van der Waals surface area contributed by atoms with Gasteiger partial charge in [-0.2, -0.15) is 5.10 Å². The van der Waals surface area contributed by atoms with Gasteiger partial charge in [0, 0.05) is 56.6 Å². The van der Waals surface area contributed by atoms with Gasteiger partial charge in [0.05, 0.1) is 12.7 Å². The maximum atomic E-state index is 6.24. The van der Waals surface area contributed by atoms with E-state index in [4.69, 9.17) is 5.73 Å². The highest BCUT2D eigenvalue weighted by molar-refractivity contribution is 14.0. The van der Waals surface area contributed by atoms with Crippen molar-refractivity contribution in [1.82, 2.24) is 19.7 Å². The van der Waals surface area contributed by atoms with Crippen molar-refractivity contribution in [3.05, 3.63) is 53.8 Å². The molecule has 0 atom stereocenters. The van der Waals surface area contributed by atoms with E-state index in [1.54, 1.807) is 11.3 Å². The van der Waals surface area contributed by atoms with Crippen LogP contribution in [0.5, 0.6) is 0 Å². The Kier molecular flexibility index (Phi) is 6.89. The summed E-state index contributed by atoms with van der Waals surface area (Å²) in [7, 11) is 1.92. The number of halogens is 1. The first-order valence-corrected chi connectivity index (χ1v) is 9.84. The van der Waals surface area contributed by atoms with E-state index in [9.17, 15) is 0 Å². The first-order valence-electron chi connectivity index (χ1n) is 8.96. The molecule has 1 aliphatic heterocycles. The van der Waals surface area contributed by atoms with Crippen molar-refractivity contribution >= 4 is 46.4 Å². The first-order chi connectivity index (χ1) is 13.2. The van der Waals surface area contributed by atoms with Gasteiger partial charge < -0.3 is 15.5 Å². The summed E-state index contributed by atoms with van der Waals surface area (Å²) in [5.74, 6) is 0.612. The maximum Gasteiger partial charge on any atom is 0.191 e. The van der Waals surface area contributed by atoms with Gasteiger partial charge in [0.2, 0.25) is 0 Å². The lowest BCUT2D eigenvalue weighted by atomic mass is 10.1. The lowest BCUT2D eigenvalue weighted by Crippen LogP contribution is -2.51. The third-order valence-corrected chi connectivity index (χ3v) is 5.51. The van der Waals surface area contributed by atoms with E-state index in [2.05, 4.69) is 49.1 Å². The topological polar surface area (TPSA) is 75.6 Å². The molecule has 9 heteroatoms. The highest BCUT2D eigenvalue weighted by Gasteiger charge is 2.19. The van der Waals surface area contributed by atoms with Crippen LogP contribution < -0.4 is 10.6 Å². The molecule has 0 bridgehead atoms. The Labute approximate surface area is 185 Å². The quantitative estimate of drug-likeness (QED) is 0.333. The fraction of sp³-hybridized carbons (Fsp3) is 0.316. The summed E-state index contributed by atoms with van der Waals surface area (Å²) in [5, 5.41) is 7.33. The van der Waals surface area contributed by atoms with Crippen molar-refractivity contribution in [2.24, 2.45) is 17.8 Å². The average Bonchev–Trinajstić information content (AvgIpc) is 3.38. The Hall–Kier alpha value is -2.14. The van der Waals surface area contributed by atoms with Gasteiger partial charge in [-0.1, -0.05) is 18.2 Å². The molecule has 1 fully saturated rings. The van der Waals surface area contributed by atoms with Gasteiger partial charge in [0.25, 0.3) is 0 Å². The lowest BCUT2D eigenvalue weighted by Gasteiger charge is -2.35. The largest absolute Gasteiger partial charge is 0.370 e. The zero-order chi connectivity index (χ0) is 18.6. The molecule has 0 spiro atoms. The molecule has 1 aromatic carbocycles. The second-order valence-electron chi connectivity index (χ2n) is 6.57. The fourth-order valence-corrected chi connectivity index (χ4v) is 3.89. The summed E-state index contributed by atoms with van der Waals surface area (Å²) >= 11 is 1.68. The average molecular weight is 509 g/mol. The number of thiazole rings is 1. The Balaban J connectivity index is 0.00000225. The molecular weight excluding hydrogens is 485 g/mol. The number of benzene rings is 1. The molecule has 0 saturated carbocycles. The zero-order valence-electron chi connectivity index (χ0n) is 15.7. The monoisotopic (exact) mass is 509 g/mol. The summed E-state index contributed by atoms with van der Waals surface area (Å²) in [5.41, 5.74) is 9.63. The predicted octanol–water partition coefficient (Wildman–Crippen LogP) is 2.80. The molecule has 1 aliphatic rings. The number of rotatable bonds is 4. The van der Waals surface area contributed by atoms with Crippen LogP contribution in [0, 0.1) is 0 Å². The summed E-state index contributed by atoms with van der Waals surface area (Å²) < 4.78 is 1.81. The number of nitrogens with two attached hydrogens (primary N) is 1. The summed E-state index contributed by atoms with van der Waals surface area (Å²) in [4.78, 5) is 13.4. The lowest BCUT2D eigenvalue weighted by molar-refractivity contribution is 0.380. The number of anilines is 1. The van der Waals surface area contributed by atoms with Gasteiger partial charge in [-0.15, -0.1) is 35.3 Å². The Morgan fingerprint density at radius 3 is 2.71 bits per heavy atom. The number of nitrogens with zero attached hydrogens (tertiary/aromatic N) is 6. The van der Waals surface area contributed by atoms with Gasteiger partial charge in [-0.05, 0) is 17.2 Å². The maximum absolute atomic E-state index is 6.24. The third-order valence-electron chi connectivity index (χ3n) is 4.68. The summed E-state index contributed by atoms with van der Waals surface area (Å²) in [6.07, 6.45) is 5.74. The Morgan fingerprint density at radius 2 is 2.04 bits per heavy atom. The molecule has 0 unspecified atom stereocenters. The second-order valence-corrected chi connectivity index (χ2v) is 7.44. The number of aliphatic imine (C=N–C) groups is 1. The van der Waals surface area contributed by atoms with E-state index in [-0.39, 0.29) is 24.0 Å². The molecule has 2 aromatic heterocycles. The van der Waals surface area contributed by atoms with Crippen LogP contribution in [-0.2, 0) is 13.6 Å². The van der Waals surface area contributed by atoms with E-state index in [0.717, 1.165) is 48.0 Å². The number of guanidine groups is 1. The molecule has 0 amide bonds. The van der Waals surface area contributed by atoms with Crippen molar-refractivity contribution in [3.63, 3.8) is 0 Å². The van der Waals surface area contributed by atoms with Gasteiger partial charge >= 0.3 is 0 Å². The fourth-order valence-electron chi connectivity index (χ4n) is 3.19. The van der Waals surface area contributed by atoms with Crippen LogP contribution in [0.3, 0.4) is 0 Å². The van der Waals surface area contributed by atoms with Crippen LogP contribution >= 0.6 is 35.3 Å². The van der Waals surface area contributed by atoms with Crippen LogP contribution in [0.4, 0.5) is 5.13 Å². The van der Waals surface area contributed by atoms with E-state index in [1.807, 2.05) is 35.7 Å². The Bertz CT molecular complexity index is 914. The van der Waals surface area contributed by atoms with Crippen molar-refractivity contribution in [2.75, 3.05) is 31.1 Å². The molecule has 0 aliphatic carbocycles. The van der Waals surface area contributed by atoms with Crippen molar-refractivity contribution < 1.29 is 0 Å². The summed E-state index contributed by atoms with van der Waals surface area (Å²) in [6, 6.07) is 8.37. The highest BCUT2D eigenvalue weighted by atomic mass is 127. The molecule has 0 radical (unpaired) electrons. The molecule has 7 nitrogen and oxygen atoms in total. The van der Waals surface area contributed by atoms with Crippen LogP contribution in [-0.4, -0.2) is 51.8 Å². The van der Waals surface area contributed by atoms with Crippen molar-refractivity contribution in [1.29, 1.82) is 0 Å². The molecule has 148 valence electrons. The smallest absolute Gasteiger partial charge is 0.191 e. The van der Waals surface area contributed by atoms with Gasteiger partial charge in [-0.3, -0.25) is 4.68 Å². The minimum absolute atomic E-state index is 0. The van der Waals surface area contributed by atoms with E-state index < -0.39 is 0 Å². The summed E-state index contributed by atoms with van der Waals surface area (Å²) in [6.45, 7) is 4.14. The second kappa shape index (κ2) is 9.37. The van der Waals surface area contributed by atoms with Crippen LogP contribution in [0.15, 0.2) is 53.2 Å². The third kappa shape index (κ3) is 4.82. The van der Waals surface area contributed by atoms with Gasteiger partial charge in [0.1, 0.15) is 0 Å². The molecule has 28 heavy (non-hydrogen) atoms. The molecular formula is C19H24IN7S. The predicted molar refractivity (Wildman–Crippen MR) is 125 cm³/mol. The van der Waals surface area contributed by atoms with Crippen LogP contribution in [0.25, 0.3) is 11.1 Å². The number of hydrogen-bond donors (Lipinski definition) is 1. The number of piperazine rings is 1. The highest BCUT2D eigenvalue weighted by Crippen LogP contribution is 2.20. The minimum atomic E-state index is 0. The molecule has 1 saturated heterocycles. The number of hydrogen-bond acceptors (Lipinski definition) is 5. The van der Waals surface area contributed by atoms with E-state index in [0.29, 0.717) is 12.5 Å². The van der Waals surface area contributed by atoms with E-state index >= 15 is 0 Å². The minimum Gasteiger partial charge on any atom is -0.370 e. The Morgan fingerprint density at radius 1 is 1.21 bits per heavy atom. The van der Waals surface area contributed by atoms with Gasteiger partial charge in [-0.25, -0.2) is 9.98 Å². The molecule has 4 rings (SSSR count). The standard InChI is InChI=1S/C19H23N7S.HI/c1-24-14-17(13-23-24)16-4-2-3-15(11-16)12-22-18(20)25-6-8-26(9-7-25)19-21-5-10-27-19;/h2-5,10-11,13-14H,6-9,12H2,1H3,(H2,20,22);1H. The number of aryl methyl sites for hydroxylation is 1. The number of aromatic nitrogens is 3. The molecule has 2 N–H and O–H groups in total. The zero-order valence-corrected chi connectivity index (χ0v) is 18.9. The van der Waals surface area contributed by atoms with Crippen molar-refractivity contribution in [3.8, 4) is 11.1 Å². The first kappa shape index (κ1) is 20.6.